The molecular formula is C11H9NOS. The maximum atomic E-state index is 10.6. The molecule has 0 radical (unpaired) electrons. The van der Waals surface area contributed by atoms with Crippen LogP contribution in [0.1, 0.15) is 5.56 Å². The summed E-state index contributed by atoms with van der Waals surface area (Å²) in [4.78, 5) is 10.6. The summed E-state index contributed by atoms with van der Waals surface area (Å²) < 4.78 is 1.19. The van der Waals surface area contributed by atoms with Crippen LogP contribution in [0.4, 0.5) is 0 Å². The average Bonchev–Trinajstić information content (AvgIpc) is 2.62. The zero-order chi connectivity index (χ0) is 9.97. The number of nitrogens with two attached hydrogens (primary N) is 1. The van der Waals surface area contributed by atoms with Crippen molar-refractivity contribution in [1.29, 1.82) is 0 Å². The molecule has 0 aliphatic carbocycles. The SMILES string of the molecule is NC(=O)C=Cc1cccc2ccsc12. The molecule has 0 unspecified atom stereocenters. The molecule has 14 heavy (non-hydrogen) atoms. The van der Waals surface area contributed by atoms with Gasteiger partial charge in [0.05, 0.1) is 0 Å². The fourth-order valence-electron chi connectivity index (χ4n) is 1.32. The van der Waals surface area contributed by atoms with Gasteiger partial charge in [-0.25, -0.2) is 0 Å². The maximum Gasteiger partial charge on any atom is 0.241 e. The van der Waals surface area contributed by atoms with Gasteiger partial charge in [-0.2, -0.15) is 0 Å². The summed E-state index contributed by atoms with van der Waals surface area (Å²) in [5, 5.41) is 3.23. The topological polar surface area (TPSA) is 43.1 Å². The molecular weight excluding hydrogens is 194 g/mol. The lowest BCUT2D eigenvalue weighted by Gasteiger charge is -1.94. The molecule has 1 amide bonds. The Labute approximate surface area is 85.7 Å². The van der Waals surface area contributed by atoms with E-state index in [4.69, 9.17) is 5.73 Å². The number of benzene rings is 1. The van der Waals surface area contributed by atoms with Crippen LogP contribution in [-0.2, 0) is 4.79 Å². The first kappa shape index (κ1) is 8.97. The Bertz CT molecular complexity index is 499. The van der Waals surface area contributed by atoms with Gasteiger partial charge in [0.1, 0.15) is 0 Å². The summed E-state index contributed by atoms with van der Waals surface area (Å²) in [6, 6.07) is 8.04. The predicted octanol–water partition coefficient (Wildman–Crippen LogP) is 2.40. The van der Waals surface area contributed by atoms with Gasteiger partial charge in [-0.05, 0) is 28.5 Å². The van der Waals surface area contributed by atoms with Gasteiger partial charge in [0.25, 0.3) is 0 Å². The van der Waals surface area contributed by atoms with Crippen molar-refractivity contribution in [2.24, 2.45) is 5.73 Å². The second kappa shape index (κ2) is 3.64. The van der Waals surface area contributed by atoms with Crippen LogP contribution in [0.5, 0.6) is 0 Å². The van der Waals surface area contributed by atoms with Crippen LogP contribution in [0.25, 0.3) is 16.2 Å². The van der Waals surface area contributed by atoms with Crippen molar-refractivity contribution in [1.82, 2.24) is 0 Å². The van der Waals surface area contributed by atoms with E-state index in [2.05, 4.69) is 6.07 Å². The number of hydrogen-bond donors (Lipinski definition) is 1. The van der Waals surface area contributed by atoms with Crippen molar-refractivity contribution in [2.75, 3.05) is 0 Å². The van der Waals surface area contributed by atoms with Crippen molar-refractivity contribution in [3.63, 3.8) is 0 Å². The number of primary amides is 1. The van der Waals surface area contributed by atoms with Crippen LogP contribution in [0, 0.1) is 0 Å². The molecule has 2 rings (SSSR count). The van der Waals surface area contributed by atoms with E-state index >= 15 is 0 Å². The minimum atomic E-state index is -0.418. The number of fused-ring (bicyclic) bond motifs is 1. The minimum absolute atomic E-state index is 0.418. The minimum Gasteiger partial charge on any atom is -0.366 e. The first-order valence-electron chi connectivity index (χ1n) is 4.21. The average molecular weight is 203 g/mol. The van der Waals surface area contributed by atoms with E-state index in [1.54, 1.807) is 17.4 Å². The van der Waals surface area contributed by atoms with E-state index in [0.717, 1.165) is 5.56 Å². The first-order valence-corrected chi connectivity index (χ1v) is 5.09. The predicted molar refractivity (Wildman–Crippen MR) is 60.1 cm³/mol. The third-order valence-electron chi connectivity index (χ3n) is 1.94. The van der Waals surface area contributed by atoms with Crippen LogP contribution in [0.3, 0.4) is 0 Å². The molecule has 3 heteroatoms. The summed E-state index contributed by atoms with van der Waals surface area (Å²) in [5.41, 5.74) is 6.08. The number of thiophene rings is 1. The number of carbonyl (C=O) groups excluding carboxylic acids is 1. The molecule has 70 valence electrons. The van der Waals surface area contributed by atoms with E-state index in [-0.39, 0.29) is 0 Å². The lowest BCUT2D eigenvalue weighted by atomic mass is 10.1. The molecule has 0 fully saturated rings. The Morgan fingerprint density at radius 1 is 1.36 bits per heavy atom. The van der Waals surface area contributed by atoms with Crippen molar-refractivity contribution in [2.45, 2.75) is 0 Å². The molecule has 1 aromatic carbocycles. The molecule has 0 saturated heterocycles. The van der Waals surface area contributed by atoms with Gasteiger partial charge in [0.2, 0.25) is 5.91 Å². The van der Waals surface area contributed by atoms with Gasteiger partial charge in [0.15, 0.2) is 0 Å². The molecule has 1 heterocycles. The molecule has 0 atom stereocenters. The normalized spacial score (nSPS) is 11.1. The van der Waals surface area contributed by atoms with Gasteiger partial charge in [-0.15, -0.1) is 11.3 Å². The summed E-state index contributed by atoms with van der Waals surface area (Å²) in [6.45, 7) is 0. The van der Waals surface area contributed by atoms with Gasteiger partial charge in [-0.1, -0.05) is 18.2 Å². The van der Waals surface area contributed by atoms with Crippen LogP contribution in [0.2, 0.25) is 0 Å². The van der Waals surface area contributed by atoms with Crippen LogP contribution in [-0.4, -0.2) is 5.91 Å². The van der Waals surface area contributed by atoms with Crippen molar-refractivity contribution < 1.29 is 4.79 Å². The highest BCUT2D eigenvalue weighted by molar-refractivity contribution is 7.17. The lowest BCUT2D eigenvalue weighted by molar-refractivity contribution is -0.113. The van der Waals surface area contributed by atoms with Crippen LogP contribution in [0.15, 0.2) is 35.7 Å². The highest BCUT2D eigenvalue weighted by Crippen LogP contribution is 2.25. The van der Waals surface area contributed by atoms with Crippen molar-refractivity contribution in [3.05, 3.63) is 41.3 Å². The Balaban J connectivity index is 2.51. The Morgan fingerprint density at radius 3 is 3.00 bits per heavy atom. The molecule has 1 aromatic heterocycles. The number of carbonyl (C=O) groups is 1. The molecule has 0 aliphatic heterocycles. The zero-order valence-electron chi connectivity index (χ0n) is 7.44. The van der Waals surface area contributed by atoms with Crippen molar-refractivity contribution >= 4 is 33.4 Å². The monoisotopic (exact) mass is 203 g/mol. The molecule has 0 saturated carbocycles. The highest BCUT2D eigenvalue weighted by Gasteiger charge is 1.98. The number of rotatable bonds is 2. The van der Waals surface area contributed by atoms with E-state index in [1.165, 1.54) is 16.2 Å². The lowest BCUT2D eigenvalue weighted by Crippen LogP contribution is -2.05. The van der Waals surface area contributed by atoms with Crippen LogP contribution >= 0.6 is 11.3 Å². The fraction of sp³-hybridized carbons (Fsp3) is 0. The summed E-state index contributed by atoms with van der Waals surface area (Å²) in [6.07, 6.45) is 3.13. The third kappa shape index (κ3) is 1.67. The molecule has 0 bridgehead atoms. The van der Waals surface area contributed by atoms with Crippen LogP contribution < -0.4 is 5.73 Å². The standard InChI is InChI=1S/C11H9NOS/c12-10(13)5-4-8-2-1-3-9-6-7-14-11(8)9/h1-7H,(H2,12,13). The zero-order valence-corrected chi connectivity index (χ0v) is 8.25. The summed E-state index contributed by atoms with van der Waals surface area (Å²) >= 11 is 1.66. The van der Waals surface area contributed by atoms with Crippen molar-refractivity contribution in [3.8, 4) is 0 Å². The van der Waals surface area contributed by atoms with E-state index in [9.17, 15) is 4.79 Å². The van der Waals surface area contributed by atoms with E-state index < -0.39 is 5.91 Å². The second-order valence-electron chi connectivity index (χ2n) is 2.92. The smallest absolute Gasteiger partial charge is 0.241 e. The highest BCUT2D eigenvalue weighted by atomic mass is 32.1. The van der Waals surface area contributed by atoms with Gasteiger partial charge >= 0.3 is 0 Å². The van der Waals surface area contributed by atoms with E-state index in [0.29, 0.717) is 0 Å². The largest absolute Gasteiger partial charge is 0.366 e. The molecule has 0 aliphatic rings. The van der Waals surface area contributed by atoms with Gasteiger partial charge < -0.3 is 5.73 Å². The quantitative estimate of drug-likeness (QED) is 0.748. The Hall–Kier alpha value is -1.61. The Kier molecular flexibility index (Phi) is 2.33. The maximum absolute atomic E-state index is 10.6. The molecule has 2 nitrogen and oxygen atoms in total. The molecule has 2 N–H and O–H groups in total. The Morgan fingerprint density at radius 2 is 2.21 bits per heavy atom. The number of hydrogen-bond acceptors (Lipinski definition) is 2. The molecule has 0 spiro atoms. The van der Waals surface area contributed by atoms with Gasteiger partial charge in [-0.3, -0.25) is 4.79 Å². The molecule has 2 aromatic rings. The van der Waals surface area contributed by atoms with Gasteiger partial charge in [0, 0.05) is 10.8 Å². The summed E-state index contributed by atoms with van der Waals surface area (Å²) in [7, 11) is 0. The van der Waals surface area contributed by atoms with E-state index in [1.807, 2.05) is 23.6 Å². The summed E-state index contributed by atoms with van der Waals surface area (Å²) in [5.74, 6) is -0.418. The third-order valence-corrected chi connectivity index (χ3v) is 2.92. The first-order chi connectivity index (χ1) is 6.77. The second-order valence-corrected chi connectivity index (χ2v) is 3.84. The fourth-order valence-corrected chi connectivity index (χ4v) is 2.21. The number of amides is 1.